The van der Waals surface area contributed by atoms with Crippen molar-refractivity contribution in [2.75, 3.05) is 6.61 Å². The molecular formula is C17H14N4O. The van der Waals surface area contributed by atoms with E-state index in [1.165, 1.54) is 0 Å². The summed E-state index contributed by atoms with van der Waals surface area (Å²) in [4.78, 5) is 13.5. The highest BCUT2D eigenvalue weighted by Gasteiger charge is 1.99. The van der Waals surface area contributed by atoms with Gasteiger partial charge in [-0.3, -0.25) is 4.98 Å². The highest BCUT2D eigenvalue weighted by molar-refractivity contribution is 5.96. The minimum absolute atomic E-state index is 0.140. The highest BCUT2D eigenvalue weighted by Crippen LogP contribution is 2.00. The Morgan fingerprint density at radius 3 is 2.73 bits per heavy atom. The van der Waals surface area contributed by atoms with Crippen LogP contribution < -0.4 is 0 Å². The summed E-state index contributed by atoms with van der Waals surface area (Å²) in [6.45, 7) is 3.89. The van der Waals surface area contributed by atoms with Crippen LogP contribution in [-0.2, 0) is 4.84 Å². The third kappa shape index (κ3) is 4.43. The van der Waals surface area contributed by atoms with E-state index in [-0.39, 0.29) is 6.61 Å². The summed E-state index contributed by atoms with van der Waals surface area (Å²) in [6, 6.07) is 12.8. The summed E-state index contributed by atoms with van der Waals surface area (Å²) >= 11 is 0. The first-order chi connectivity index (χ1) is 10.7. The van der Waals surface area contributed by atoms with E-state index >= 15 is 0 Å². The normalized spacial score (nSPS) is 10.3. The molecule has 0 spiro atoms. The highest BCUT2D eigenvalue weighted by atomic mass is 16.6. The van der Waals surface area contributed by atoms with Crippen LogP contribution in [0.5, 0.6) is 0 Å². The molecule has 5 nitrogen and oxygen atoms in total. The van der Waals surface area contributed by atoms with Crippen LogP contribution >= 0.6 is 0 Å². The summed E-state index contributed by atoms with van der Waals surface area (Å²) in [5, 5.41) is 12.7. The van der Waals surface area contributed by atoms with Gasteiger partial charge < -0.3 is 4.84 Å². The van der Waals surface area contributed by atoms with Crippen molar-refractivity contribution in [3.63, 3.8) is 0 Å². The maximum absolute atomic E-state index is 8.75. The van der Waals surface area contributed by atoms with E-state index in [1.807, 2.05) is 38.1 Å². The molecular weight excluding hydrogens is 276 g/mol. The second kappa shape index (κ2) is 7.56. The Bertz CT molecular complexity index is 794. The van der Waals surface area contributed by atoms with Gasteiger partial charge in [0, 0.05) is 5.69 Å². The van der Waals surface area contributed by atoms with Crippen LogP contribution in [0.4, 0.5) is 0 Å². The lowest BCUT2D eigenvalue weighted by molar-refractivity contribution is 0.179. The number of rotatable bonds is 3. The second-order valence-corrected chi connectivity index (χ2v) is 4.44. The lowest BCUT2D eigenvalue weighted by atomic mass is 10.2. The summed E-state index contributed by atoms with van der Waals surface area (Å²) in [7, 11) is 0. The number of oxime groups is 1. The van der Waals surface area contributed by atoms with Crippen molar-refractivity contribution in [3.8, 4) is 17.9 Å². The molecule has 0 fully saturated rings. The molecule has 108 valence electrons. The number of nitriles is 1. The van der Waals surface area contributed by atoms with Gasteiger partial charge in [-0.1, -0.05) is 23.2 Å². The van der Waals surface area contributed by atoms with Crippen molar-refractivity contribution in [3.05, 3.63) is 59.2 Å². The van der Waals surface area contributed by atoms with Crippen LogP contribution in [0.25, 0.3) is 0 Å². The molecule has 0 aliphatic carbocycles. The van der Waals surface area contributed by atoms with Gasteiger partial charge >= 0.3 is 0 Å². The Morgan fingerprint density at radius 2 is 1.95 bits per heavy atom. The Hall–Kier alpha value is -3.18. The number of hydrogen-bond acceptors (Lipinski definition) is 5. The van der Waals surface area contributed by atoms with Gasteiger partial charge in [0.25, 0.3) is 0 Å². The lowest BCUT2D eigenvalue weighted by Gasteiger charge is -2.00. The molecule has 2 aromatic rings. The average molecular weight is 290 g/mol. The number of nitrogens with zero attached hydrogens (tertiary/aromatic N) is 4. The first-order valence-electron chi connectivity index (χ1n) is 6.65. The molecule has 5 heteroatoms. The van der Waals surface area contributed by atoms with Crippen LogP contribution in [0, 0.1) is 30.1 Å². The van der Waals surface area contributed by atoms with Crippen molar-refractivity contribution < 1.29 is 4.84 Å². The van der Waals surface area contributed by atoms with Crippen LogP contribution in [0.3, 0.4) is 0 Å². The Kier molecular flexibility index (Phi) is 5.23. The van der Waals surface area contributed by atoms with Crippen molar-refractivity contribution in [1.29, 1.82) is 5.26 Å². The van der Waals surface area contributed by atoms with Gasteiger partial charge in [0.15, 0.2) is 6.61 Å². The largest absolute Gasteiger partial charge is 0.382 e. The van der Waals surface area contributed by atoms with Crippen LogP contribution in [-0.4, -0.2) is 22.3 Å². The van der Waals surface area contributed by atoms with Gasteiger partial charge in [-0.15, -0.1) is 0 Å². The number of aryl methyl sites for hydroxylation is 1. The molecule has 0 amide bonds. The first-order valence-corrected chi connectivity index (χ1v) is 6.65. The quantitative estimate of drug-likeness (QED) is 0.377. The zero-order valence-corrected chi connectivity index (χ0v) is 12.4. The minimum atomic E-state index is 0.140. The van der Waals surface area contributed by atoms with Crippen LogP contribution in [0.1, 0.15) is 29.7 Å². The van der Waals surface area contributed by atoms with Gasteiger partial charge in [-0.2, -0.15) is 5.26 Å². The third-order valence-corrected chi connectivity index (χ3v) is 2.68. The molecule has 0 aliphatic heterocycles. The molecule has 0 saturated carbocycles. The molecule has 2 heterocycles. The van der Waals surface area contributed by atoms with Crippen LogP contribution in [0.15, 0.2) is 41.6 Å². The van der Waals surface area contributed by atoms with Gasteiger partial charge in [-0.25, -0.2) is 4.98 Å². The SMILES string of the molecule is C/C(=N\OCC#Cc1cccc(C#N)n1)c1cccc(C)n1. The zero-order chi connectivity index (χ0) is 15.8. The van der Waals surface area contributed by atoms with E-state index in [1.54, 1.807) is 18.2 Å². The van der Waals surface area contributed by atoms with Crippen molar-refractivity contribution >= 4 is 5.71 Å². The fraction of sp³-hybridized carbons (Fsp3) is 0.176. The average Bonchev–Trinajstić information content (AvgIpc) is 2.54. The third-order valence-electron chi connectivity index (χ3n) is 2.68. The molecule has 22 heavy (non-hydrogen) atoms. The minimum Gasteiger partial charge on any atom is -0.382 e. The maximum Gasteiger partial charge on any atom is 0.177 e. The number of hydrogen-bond donors (Lipinski definition) is 0. The summed E-state index contributed by atoms with van der Waals surface area (Å²) in [5.74, 6) is 5.62. The standard InChI is InChI=1S/C17H14N4O/c1-13-6-3-10-17(19-13)14(2)21-22-11-5-9-15-7-4-8-16(12-18)20-15/h3-4,6-8,10H,11H2,1-2H3/b21-14+. The molecule has 0 radical (unpaired) electrons. The molecule has 0 saturated heterocycles. The monoisotopic (exact) mass is 290 g/mol. The molecule has 0 N–H and O–H groups in total. The Morgan fingerprint density at radius 1 is 1.18 bits per heavy atom. The predicted octanol–water partition coefficient (Wildman–Crippen LogP) is 2.45. The molecule has 0 unspecified atom stereocenters. The van der Waals surface area contributed by atoms with Crippen molar-refractivity contribution in [2.24, 2.45) is 5.16 Å². The molecule has 0 bridgehead atoms. The van der Waals surface area contributed by atoms with E-state index in [0.29, 0.717) is 17.1 Å². The van der Waals surface area contributed by atoms with Gasteiger partial charge in [-0.05, 0) is 44.0 Å². The van der Waals surface area contributed by atoms with Gasteiger partial charge in [0.2, 0.25) is 0 Å². The molecule has 0 atom stereocenters. The van der Waals surface area contributed by atoms with Gasteiger partial charge in [0.1, 0.15) is 23.2 Å². The fourth-order valence-electron chi connectivity index (χ4n) is 1.65. The number of pyridine rings is 2. The first kappa shape index (κ1) is 15.2. The topological polar surface area (TPSA) is 71.2 Å². The summed E-state index contributed by atoms with van der Waals surface area (Å²) in [6.07, 6.45) is 0. The van der Waals surface area contributed by atoms with E-state index in [0.717, 1.165) is 11.4 Å². The molecule has 2 rings (SSSR count). The van der Waals surface area contributed by atoms with E-state index in [9.17, 15) is 0 Å². The van der Waals surface area contributed by atoms with Crippen molar-refractivity contribution in [2.45, 2.75) is 13.8 Å². The molecule has 2 aromatic heterocycles. The molecule has 0 aromatic carbocycles. The lowest BCUT2D eigenvalue weighted by Crippen LogP contribution is -2.00. The Balaban J connectivity index is 1.93. The van der Waals surface area contributed by atoms with E-state index < -0.39 is 0 Å². The van der Waals surface area contributed by atoms with E-state index in [4.69, 9.17) is 10.1 Å². The Labute approximate surface area is 129 Å². The van der Waals surface area contributed by atoms with E-state index in [2.05, 4.69) is 27.0 Å². The summed E-state index contributed by atoms with van der Waals surface area (Å²) in [5.41, 5.74) is 3.26. The van der Waals surface area contributed by atoms with Crippen LogP contribution in [0.2, 0.25) is 0 Å². The second-order valence-electron chi connectivity index (χ2n) is 4.44. The zero-order valence-electron chi connectivity index (χ0n) is 12.4. The predicted molar refractivity (Wildman–Crippen MR) is 83.0 cm³/mol. The maximum atomic E-state index is 8.75. The van der Waals surface area contributed by atoms with Crippen molar-refractivity contribution in [1.82, 2.24) is 9.97 Å². The van der Waals surface area contributed by atoms with Gasteiger partial charge in [0.05, 0.1) is 5.69 Å². The molecule has 0 aliphatic rings. The summed E-state index contributed by atoms with van der Waals surface area (Å²) < 4.78 is 0. The smallest absolute Gasteiger partial charge is 0.177 e. The fourth-order valence-corrected chi connectivity index (χ4v) is 1.65. The number of aromatic nitrogens is 2.